The van der Waals surface area contributed by atoms with Gasteiger partial charge in [-0.05, 0) is 5.56 Å². The predicted molar refractivity (Wildman–Crippen MR) is 67.6 cm³/mol. The molecule has 0 radical (unpaired) electrons. The van der Waals surface area contributed by atoms with Crippen molar-refractivity contribution in [1.29, 1.82) is 0 Å². The van der Waals surface area contributed by atoms with Crippen molar-refractivity contribution >= 4 is 11.7 Å². The maximum atomic E-state index is 11.8. The van der Waals surface area contributed by atoms with Gasteiger partial charge < -0.3 is 9.30 Å². The third-order valence-electron chi connectivity index (χ3n) is 2.62. The van der Waals surface area contributed by atoms with E-state index >= 15 is 0 Å². The summed E-state index contributed by atoms with van der Waals surface area (Å²) < 4.78 is 6.49. The summed E-state index contributed by atoms with van der Waals surface area (Å²) in [5.74, 6) is -0.584. The van der Waals surface area contributed by atoms with Crippen LogP contribution in [-0.2, 0) is 18.4 Å². The van der Waals surface area contributed by atoms with E-state index < -0.39 is 10.9 Å². The number of hydrogen-bond acceptors (Lipinski definition) is 4. The van der Waals surface area contributed by atoms with Crippen LogP contribution >= 0.6 is 0 Å². The number of carbonyl (C=O) groups excluding carboxylic acids is 1. The predicted octanol–water partition coefficient (Wildman–Crippen LogP) is 2.29. The van der Waals surface area contributed by atoms with E-state index in [1.807, 2.05) is 30.3 Å². The Labute approximate surface area is 109 Å². The van der Waals surface area contributed by atoms with Crippen LogP contribution in [0.4, 0.5) is 5.69 Å². The van der Waals surface area contributed by atoms with E-state index in [2.05, 4.69) is 0 Å². The average molecular weight is 260 g/mol. The van der Waals surface area contributed by atoms with Crippen molar-refractivity contribution in [2.45, 2.75) is 6.61 Å². The largest absolute Gasteiger partial charge is 0.456 e. The minimum atomic E-state index is -0.584. The van der Waals surface area contributed by atoms with Crippen molar-refractivity contribution in [2.24, 2.45) is 7.05 Å². The minimum absolute atomic E-state index is 0.130. The lowest BCUT2D eigenvalue weighted by Crippen LogP contribution is -2.09. The fraction of sp³-hybridized carbons (Fsp3) is 0.154. The topological polar surface area (TPSA) is 74.4 Å². The van der Waals surface area contributed by atoms with Crippen LogP contribution in [-0.4, -0.2) is 15.5 Å². The molecule has 0 unspecified atom stereocenters. The molecule has 1 aromatic heterocycles. The molecule has 0 spiro atoms. The van der Waals surface area contributed by atoms with Crippen LogP contribution in [0.2, 0.25) is 0 Å². The second-order valence-electron chi connectivity index (χ2n) is 4.01. The maximum absolute atomic E-state index is 11.8. The number of aryl methyl sites for hydroxylation is 1. The molecule has 0 saturated heterocycles. The summed E-state index contributed by atoms with van der Waals surface area (Å²) >= 11 is 0. The Morgan fingerprint density at radius 1 is 1.37 bits per heavy atom. The molecule has 0 N–H and O–H groups in total. The van der Waals surface area contributed by atoms with Crippen LogP contribution in [0.5, 0.6) is 0 Å². The molecule has 1 heterocycles. The summed E-state index contributed by atoms with van der Waals surface area (Å²) in [5.41, 5.74) is 0.886. The first-order valence-electron chi connectivity index (χ1n) is 5.59. The second-order valence-corrected chi connectivity index (χ2v) is 4.01. The van der Waals surface area contributed by atoms with Gasteiger partial charge in [0.1, 0.15) is 12.3 Å². The Morgan fingerprint density at radius 3 is 2.63 bits per heavy atom. The normalized spacial score (nSPS) is 10.2. The summed E-state index contributed by atoms with van der Waals surface area (Å²) in [7, 11) is 1.56. The summed E-state index contributed by atoms with van der Waals surface area (Å²) in [6, 6.07) is 10.4. The van der Waals surface area contributed by atoms with Crippen molar-refractivity contribution in [3.05, 3.63) is 64.0 Å². The molecule has 0 aliphatic carbocycles. The number of benzene rings is 1. The van der Waals surface area contributed by atoms with Crippen molar-refractivity contribution in [2.75, 3.05) is 0 Å². The third kappa shape index (κ3) is 2.98. The number of nitro groups is 1. The number of nitrogens with zero attached hydrogens (tertiary/aromatic N) is 2. The Kier molecular flexibility index (Phi) is 3.61. The fourth-order valence-electron chi connectivity index (χ4n) is 1.65. The highest BCUT2D eigenvalue weighted by atomic mass is 16.6. The highest BCUT2D eigenvalue weighted by Crippen LogP contribution is 2.16. The SMILES string of the molecule is Cn1cc([N+](=O)[O-])cc1C(=O)OCc1ccccc1. The van der Waals surface area contributed by atoms with E-state index in [4.69, 9.17) is 4.74 Å². The van der Waals surface area contributed by atoms with E-state index in [0.29, 0.717) is 0 Å². The minimum Gasteiger partial charge on any atom is -0.456 e. The number of aromatic nitrogens is 1. The number of hydrogen-bond donors (Lipinski definition) is 0. The van der Waals surface area contributed by atoms with Gasteiger partial charge in [-0.2, -0.15) is 0 Å². The standard InChI is InChI=1S/C13H12N2O4/c1-14-8-11(15(17)18)7-12(14)13(16)19-9-10-5-3-2-4-6-10/h2-8H,9H2,1H3. The molecular weight excluding hydrogens is 248 g/mol. The van der Waals surface area contributed by atoms with Crippen LogP contribution in [0.15, 0.2) is 42.6 Å². The van der Waals surface area contributed by atoms with E-state index in [1.165, 1.54) is 16.8 Å². The number of rotatable bonds is 4. The molecule has 6 heteroatoms. The maximum Gasteiger partial charge on any atom is 0.355 e. The summed E-state index contributed by atoms with van der Waals surface area (Å²) in [6.45, 7) is 0.138. The van der Waals surface area contributed by atoms with Gasteiger partial charge >= 0.3 is 5.97 Å². The summed E-state index contributed by atoms with van der Waals surface area (Å²) in [4.78, 5) is 21.9. The van der Waals surface area contributed by atoms with Crippen LogP contribution in [0.1, 0.15) is 16.1 Å². The van der Waals surface area contributed by atoms with Gasteiger partial charge in [0.2, 0.25) is 0 Å². The fourth-order valence-corrected chi connectivity index (χ4v) is 1.65. The van der Waals surface area contributed by atoms with Crippen LogP contribution in [0.3, 0.4) is 0 Å². The zero-order valence-corrected chi connectivity index (χ0v) is 10.3. The molecule has 0 saturated carbocycles. The highest BCUT2D eigenvalue weighted by Gasteiger charge is 2.18. The highest BCUT2D eigenvalue weighted by molar-refractivity contribution is 5.88. The Balaban J connectivity index is 2.06. The number of esters is 1. The molecule has 2 aromatic rings. The van der Waals surface area contributed by atoms with E-state index in [-0.39, 0.29) is 18.0 Å². The van der Waals surface area contributed by atoms with Gasteiger partial charge in [-0.1, -0.05) is 30.3 Å². The van der Waals surface area contributed by atoms with Gasteiger partial charge in [0, 0.05) is 13.1 Å². The summed E-state index contributed by atoms with van der Waals surface area (Å²) in [5, 5.41) is 10.6. The van der Waals surface area contributed by atoms with E-state index in [0.717, 1.165) is 5.56 Å². The molecule has 0 fully saturated rings. The number of carbonyl (C=O) groups is 1. The van der Waals surface area contributed by atoms with Gasteiger partial charge in [-0.15, -0.1) is 0 Å². The molecule has 19 heavy (non-hydrogen) atoms. The Hall–Kier alpha value is -2.63. The molecule has 0 bridgehead atoms. The van der Waals surface area contributed by atoms with E-state index in [1.54, 1.807) is 7.05 Å². The zero-order chi connectivity index (χ0) is 13.8. The molecular formula is C13H12N2O4. The first-order valence-corrected chi connectivity index (χ1v) is 5.59. The van der Waals surface area contributed by atoms with Crippen molar-refractivity contribution < 1.29 is 14.5 Å². The van der Waals surface area contributed by atoms with Gasteiger partial charge in [0.05, 0.1) is 11.1 Å². The lowest BCUT2D eigenvalue weighted by molar-refractivity contribution is -0.384. The van der Waals surface area contributed by atoms with Gasteiger partial charge in [0.15, 0.2) is 0 Å². The number of ether oxygens (including phenoxy) is 1. The van der Waals surface area contributed by atoms with Gasteiger partial charge in [-0.3, -0.25) is 10.1 Å². The third-order valence-corrected chi connectivity index (χ3v) is 2.62. The monoisotopic (exact) mass is 260 g/mol. The molecule has 0 atom stereocenters. The van der Waals surface area contributed by atoms with Crippen LogP contribution in [0.25, 0.3) is 0 Å². The molecule has 0 amide bonds. The molecule has 0 aliphatic heterocycles. The molecule has 6 nitrogen and oxygen atoms in total. The molecule has 1 aromatic carbocycles. The lowest BCUT2D eigenvalue weighted by atomic mass is 10.2. The van der Waals surface area contributed by atoms with Gasteiger partial charge in [0.25, 0.3) is 5.69 Å². The molecule has 98 valence electrons. The second kappa shape index (κ2) is 5.34. The van der Waals surface area contributed by atoms with E-state index in [9.17, 15) is 14.9 Å². The first kappa shape index (κ1) is 12.8. The Bertz CT molecular complexity index is 604. The van der Waals surface area contributed by atoms with Crippen LogP contribution < -0.4 is 0 Å². The molecule has 2 rings (SSSR count). The van der Waals surface area contributed by atoms with Crippen molar-refractivity contribution in [3.8, 4) is 0 Å². The smallest absolute Gasteiger partial charge is 0.355 e. The quantitative estimate of drug-likeness (QED) is 0.480. The molecule has 0 aliphatic rings. The Morgan fingerprint density at radius 2 is 2.05 bits per heavy atom. The average Bonchev–Trinajstić information content (AvgIpc) is 2.80. The zero-order valence-electron chi connectivity index (χ0n) is 10.3. The lowest BCUT2D eigenvalue weighted by Gasteiger charge is -2.04. The summed E-state index contributed by atoms with van der Waals surface area (Å²) in [6.07, 6.45) is 1.28. The first-order chi connectivity index (χ1) is 9.08. The van der Waals surface area contributed by atoms with Crippen molar-refractivity contribution in [1.82, 2.24) is 4.57 Å². The van der Waals surface area contributed by atoms with Crippen molar-refractivity contribution in [3.63, 3.8) is 0 Å². The van der Waals surface area contributed by atoms with Gasteiger partial charge in [-0.25, -0.2) is 4.79 Å². The van der Waals surface area contributed by atoms with Crippen LogP contribution in [0, 0.1) is 10.1 Å².